The maximum Gasteiger partial charge on any atom is 0.228 e. The third kappa shape index (κ3) is 4.26. The summed E-state index contributed by atoms with van der Waals surface area (Å²) in [6, 6.07) is 7.12. The standard InChI is InChI=1S/C20H26ClN3O3/c1-20(2,3)19(27)23-9-7-22(8-10-23)18(26)14-11-17(25)24(13-14)16-6-4-5-15(21)12-16/h4-6,12,14H,7-11,13H2,1-3H3. The average molecular weight is 392 g/mol. The molecule has 1 atom stereocenters. The molecule has 2 saturated heterocycles. The zero-order valence-electron chi connectivity index (χ0n) is 16.1. The molecule has 1 aromatic rings. The van der Waals surface area contributed by atoms with Crippen molar-refractivity contribution in [1.82, 2.24) is 9.80 Å². The predicted molar refractivity (Wildman–Crippen MR) is 105 cm³/mol. The summed E-state index contributed by atoms with van der Waals surface area (Å²) < 4.78 is 0. The Labute approximate surface area is 165 Å². The van der Waals surface area contributed by atoms with Crippen molar-refractivity contribution in [2.45, 2.75) is 27.2 Å². The van der Waals surface area contributed by atoms with E-state index in [0.29, 0.717) is 37.7 Å². The van der Waals surface area contributed by atoms with Gasteiger partial charge in [0.25, 0.3) is 0 Å². The summed E-state index contributed by atoms with van der Waals surface area (Å²) in [4.78, 5) is 42.9. The van der Waals surface area contributed by atoms with Gasteiger partial charge in [-0.15, -0.1) is 0 Å². The first-order valence-corrected chi connectivity index (χ1v) is 9.68. The Bertz CT molecular complexity index is 751. The first-order valence-electron chi connectivity index (χ1n) is 9.31. The highest BCUT2D eigenvalue weighted by atomic mass is 35.5. The van der Waals surface area contributed by atoms with Crippen LogP contribution in [0.4, 0.5) is 5.69 Å². The molecule has 0 aliphatic carbocycles. The Kier molecular flexibility index (Phi) is 5.47. The van der Waals surface area contributed by atoms with Crippen molar-refractivity contribution in [2.24, 2.45) is 11.3 Å². The molecule has 1 aromatic carbocycles. The quantitative estimate of drug-likeness (QED) is 0.777. The van der Waals surface area contributed by atoms with Crippen LogP contribution in [0.3, 0.4) is 0 Å². The molecule has 2 aliphatic heterocycles. The zero-order chi connectivity index (χ0) is 19.8. The number of anilines is 1. The zero-order valence-corrected chi connectivity index (χ0v) is 16.8. The van der Waals surface area contributed by atoms with Crippen molar-refractivity contribution in [3.05, 3.63) is 29.3 Å². The van der Waals surface area contributed by atoms with E-state index in [9.17, 15) is 14.4 Å². The first kappa shape index (κ1) is 19.7. The molecule has 0 spiro atoms. The van der Waals surface area contributed by atoms with Gasteiger partial charge >= 0.3 is 0 Å². The number of carbonyl (C=O) groups excluding carboxylic acids is 3. The monoisotopic (exact) mass is 391 g/mol. The number of benzene rings is 1. The van der Waals surface area contributed by atoms with Crippen molar-refractivity contribution in [1.29, 1.82) is 0 Å². The number of halogens is 1. The van der Waals surface area contributed by atoms with E-state index in [1.165, 1.54) is 0 Å². The van der Waals surface area contributed by atoms with Crippen molar-refractivity contribution in [2.75, 3.05) is 37.6 Å². The molecule has 2 heterocycles. The Morgan fingerprint density at radius 3 is 2.30 bits per heavy atom. The van der Waals surface area contributed by atoms with E-state index in [0.717, 1.165) is 5.69 Å². The SMILES string of the molecule is CC(C)(C)C(=O)N1CCN(C(=O)C2CC(=O)N(c3cccc(Cl)c3)C2)CC1. The largest absolute Gasteiger partial charge is 0.339 e. The number of hydrogen-bond acceptors (Lipinski definition) is 3. The molecule has 3 rings (SSSR count). The molecule has 0 N–H and O–H groups in total. The Morgan fingerprint density at radius 2 is 1.70 bits per heavy atom. The second kappa shape index (κ2) is 7.50. The molecule has 3 amide bonds. The van der Waals surface area contributed by atoms with Gasteiger partial charge in [-0.2, -0.15) is 0 Å². The summed E-state index contributed by atoms with van der Waals surface area (Å²) in [7, 11) is 0. The molecule has 0 aromatic heterocycles. The van der Waals surface area contributed by atoms with Crippen molar-refractivity contribution in [3.63, 3.8) is 0 Å². The normalized spacial score (nSPS) is 21.0. The van der Waals surface area contributed by atoms with Crippen LogP contribution >= 0.6 is 11.6 Å². The molecule has 0 bridgehead atoms. The molecule has 2 fully saturated rings. The van der Waals surface area contributed by atoms with Gasteiger partial charge in [-0.25, -0.2) is 0 Å². The van der Waals surface area contributed by atoms with E-state index in [4.69, 9.17) is 11.6 Å². The van der Waals surface area contributed by atoms with E-state index in [-0.39, 0.29) is 30.1 Å². The van der Waals surface area contributed by atoms with Crippen molar-refractivity contribution in [3.8, 4) is 0 Å². The van der Waals surface area contributed by atoms with Crippen LogP contribution in [0.25, 0.3) is 0 Å². The van der Waals surface area contributed by atoms with Gasteiger partial charge in [0.2, 0.25) is 17.7 Å². The molecule has 7 heteroatoms. The summed E-state index contributed by atoms with van der Waals surface area (Å²) in [5.74, 6) is -0.299. The van der Waals surface area contributed by atoms with Gasteiger partial charge in [0.15, 0.2) is 0 Å². The lowest BCUT2D eigenvalue weighted by atomic mass is 9.94. The fourth-order valence-electron chi connectivity index (χ4n) is 3.63. The fraction of sp³-hybridized carbons (Fsp3) is 0.550. The summed E-state index contributed by atoms with van der Waals surface area (Å²) in [5, 5.41) is 0.565. The van der Waals surface area contributed by atoms with Gasteiger partial charge in [0.05, 0.1) is 5.92 Å². The fourth-order valence-corrected chi connectivity index (χ4v) is 3.81. The van der Waals surface area contributed by atoms with Crippen LogP contribution in [0.15, 0.2) is 24.3 Å². The van der Waals surface area contributed by atoms with Crippen LogP contribution in [0.2, 0.25) is 5.02 Å². The minimum Gasteiger partial charge on any atom is -0.339 e. The van der Waals surface area contributed by atoms with Crippen LogP contribution in [-0.2, 0) is 14.4 Å². The van der Waals surface area contributed by atoms with Crippen LogP contribution in [0.1, 0.15) is 27.2 Å². The van der Waals surface area contributed by atoms with Crippen molar-refractivity contribution >= 4 is 35.0 Å². The minimum absolute atomic E-state index is 0.00395. The molecular formula is C20H26ClN3O3. The van der Waals surface area contributed by atoms with Crippen LogP contribution in [0, 0.1) is 11.3 Å². The first-order chi connectivity index (χ1) is 12.7. The Morgan fingerprint density at radius 1 is 1.07 bits per heavy atom. The lowest BCUT2D eigenvalue weighted by molar-refractivity contribution is -0.146. The van der Waals surface area contributed by atoms with Gasteiger partial charge < -0.3 is 14.7 Å². The molecular weight excluding hydrogens is 366 g/mol. The van der Waals surface area contributed by atoms with Gasteiger partial charge in [-0.3, -0.25) is 14.4 Å². The molecule has 6 nitrogen and oxygen atoms in total. The third-order valence-corrected chi connectivity index (χ3v) is 5.35. The van der Waals surface area contributed by atoms with E-state index in [1.807, 2.05) is 31.7 Å². The number of piperazine rings is 1. The van der Waals surface area contributed by atoms with Gasteiger partial charge in [-0.05, 0) is 18.2 Å². The second-order valence-corrected chi connectivity index (χ2v) is 8.69. The number of hydrogen-bond donors (Lipinski definition) is 0. The average Bonchev–Trinajstić information content (AvgIpc) is 3.01. The Balaban J connectivity index is 1.60. The number of amides is 3. The van der Waals surface area contributed by atoms with E-state index >= 15 is 0 Å². The maximum absolute atomic E-state index is 12.9. The van der Waals surface area contributed by atoms with Crippen LogP contribution < -0.4 is 4.90 Å². The van der Waals surface area contributed by atoms with E-state index in [2.05, 4.69) is 0 Å². The predicted octanol–water partition coefficient (Wildman–Crippen LogP) is 2.41. The molecule has 2 aliphatic rings. The van der Waals surface area contributed by atoms with Gasteiger partial charge in [0.1, 0.15) is 0 Å². The van der Waals surface area contributed by atoms with E-state index < -0.39 is 5.41 Å². The summed E-state index contributed by atoms with van der Waals surface area (Å²) in [5.41, 5.74) is 0.310. The molecule has 1 unspecified atom stereocenters. The highest BCUT2D eigenvalue weighted by molar-refractivity contribution is 6.31. The Hall–Kier alpha value is -2.08. The lowest BCUT2D eigenvalue weighted by Crippen LogP contribution is -2.54. The van der Waals surface area contributed by atoms with Crippen molar-refractivity contribution < 1.29 is 14.4 Å². The lowest BCUT2D eigenvalue weighted by Gasteiger charge is -2.38. The maximum atomic E-state index is 12.9. The van der Waals surface area contributed by atoms with Gasteiger partial charge in [0, 0.05) is 55.3 Å². The second-order valence-electron chi connectivity index (χ2n) is 8.25. The summed E-state index contributed by atoms with van der Waals surface area (Å²) >= 11 is 6.02. The molecule has 0 radical (unpaired) electrons. The highest BCUT2D eigenvalue weighted by Crippen LogP contribution is 2.28. The summed E-state index contributed by atoms with van der Waals surface area (Å²) in [6.45, 7) is 8.20. The molecule has 0 saturated carbocycles. The minimum atomic E-state index is -0.415. The number of nitrogens with zero attached hydrogens (tertiary/aromatic N) is 3. The summed E-state index contributed by atoms with van der Waals surface area (Å²) in [6.07, 6.45) is 0.215. The van der Waals surface area contributed by atoms with E-state index in [1.54, 1.807) is 28.0 Å². The molecule has 27 heavy (non-hydrogen) atoms. The number of rotatable bonds is 2. The van der Waals surface area contributed by atoms with Crippen LogP contribution in [-0.4, -0.2) is 60.2 Å². The molecule has 146 valence electrons. The smallest absolute Gasteiger partial charge is 0.228 e. The van der Waals surface area contributed by atoms with Gasteiger partial charge in [-0.1, -0.05) is 38.4 Å². The highest BCUT2D eigenvalue weighted by Gasteiger charge is 2.39. The number of carbonyl (C=O) groups is 3. The van der Waals surface area contributed by atoms with Crippen LogP contribution in [0.5, 0.6) is 0 Å². The topological polar surface area (TPSA) is 60.9 Å². The third-order valence-electron chi connectivity index (χ3n) is 5.11.